The lowest BCUT2D eigenvalue weighted by Crippen LogP contribution is -2.12. The van der Waals surface area contributed by atoms with Crippen LogP contribution in [0, 0.1) is 0 Å². The fourth-order valence-electron chi connectivity index (χ4n) is 2.44. The number of halogens is 1. The van der Waals surface area contributed by atoms with Crippen molar-refractivity contribution in [2.24, 2.45) is 0 Å². The third kappa shape index (κ3) is 4.73. The van der Waals surface area contributed by atoms with Gasteiger partial charge in [0, 0.05) is 34.6 Å². The highest BCUT2D eigenvalue weighted by Crippen LogP contribution is 2.24. The Kier molecular flexibility index (Phi) is 5.56. The molecule has 0 radical (unpaired) electrons. The summed E-state index contributed by atoms with van der Waals surface area (Å²) in [6, 6.07) is 19.1. The molecule has 2 aromatic carbocycles. The number of carbonyl (C=O) groups excluding carboxylic acids is 1. The molecule has 1 N–H and O–H groups in total. The molecule has 0 spiro atoms. The molecule has 3 aromatic rings. The van der Waals surface area contributed by atoms with Gasteiger partial charge in [-0.3, -0.25) is 4.79 Å². The highest BCUT2D eigenvalue weighted by Gasteiger charge is 2.08. The first kappa shape index (κ1) is 17.3. The van der Waals surface area contributed by atoms with Crippen LogP contribution in [0.25, 0.3) is 11.3 Å². The number of benzene rings is 2. The second kappa shape index (κ2) is 8.03. The summed E-state index contributed by atoms with van der Waals surface area (Å²) in [5, 5.41) is 2.87. The lowest BCUT2D eigenvalue weighted by molar-refractivity contribution is -0.116. The summed E-state index contributed by atoms with van der Waals surface area (Å²) in [4.78, 5) is 12.1. The van der Waals surface area contributed by atoms with E-state index in [1.807, 2.05) is 54.6 Å². The Morgan fingerprint density at radius 2 is 1.92 bits per heavy atom. The number of anilines is 1. The highest BCUT2D eigenvalue weighted by molar-refractivity contribution is 9.10. The standard InChI is InChI=1S/C20H18BrNO3/c1-24-18-4-2-3-16(13-18)22-20(23)12-10-17-9-11-19(25-17)14-5-7-15(21)8-6-14/h2-9,11,13H,10,12H2,1H3,(H,22,23). The van der Waals surface area contributed by atoms with Crippen molar-refractivity contribution >= 4 is 27.5 Å². The number of methoxy groups -OCH3 is 1. The van der Waals surface area contributed by atoms with Crippen molar-refractivity contribution in [2.45, 2.75) is 12.8 Å². The van der Waals surface area contributed by atoms with E-state index in [0.29, 0.717) is 18.6 Å². The first-order valence-electron chi connectivity index (χ1n) is 7.92. The minimum atomic E-state index is -0.0603. The monoisotopic (exact) mass is 399 g/mol. The summed E-state index contributed by atoms with van der Waals surface area (Å²) in [5.41, 5.74) is 1.73. The first-order chi connectivity index (χ1) is 12.1. The van der Waals surface area contributed by atoms with E-state index in [4.69, 9.17) is 9.15 Å². The topological polar surface area (TPSA) is 51.5 Å². The molecule has 25 heavy (non-hydrogen) atoms. The van der Waals surface area contributed by atoms with Crippen LogP contribution in [0.15, 0.2) is 69.6 Å². The summed E-state index contributed by atoms with van der Waals surface area (Å²) < 4.78 is 12.0. The number of aryl methyl sites for hydroxylation is 1. The van der Waals surface area contributed by atoms with Crippen molar-refractivity contribution in [3.63, 3.8) is 0 Å². The fourth-order valence-corrected chi connectivity index (χ4v) is 2.71. The fraction of sp³-hybridized carbons (Fsp3) is 0.150. The lowest BCUT2D eigenvalue weighted by atomic mass is 10.2. The maximum atomic E-state index is 12.1. The number of furan rings is 1. The van der Waals surface area contributed by atoms with Crippen molar-refractivity contribution < 1.29 is 13.9 Å². The van der Waals surface area contributed by atoms with Crippen LogP contribution >= 0.6 is 15.9 Å². The molecule has 0 aliphatic rings. The molecule has 0 unspecified atom stereocenters. The zero-order valence-corrected chi connectivity index (χ0v) is 15.4. The molecule has 128 valence electrons. The summed E-state index contributed by atoms with van der Waals surface area (Å²) >= 11 is 3.42. The maximum Gasteiger partial charge on any atom is 0.224 e. The lowest BCUT2D eigenvalue weighted by Gasteiger charge is -2.06. The van der Waals surface area contributed by atoms with E-state index >= 15 is 0 Å². The van der Waals surface area contributed by atoms with Crippen molar-refractivity contribution in [1.29, 1.82) is 0 Å². The molecule has 0 atom stereocenters. The van der Waals surface area contributed by atoms with Gasteiger partial charge in [0.2, 0.25) is 5.91 Å². The van der Waals surface area contributed by atoms with Crippen molar-refractivity contribution in [2.75, 3.05) is 12.4 Å². The SMILES string of the molecule is COc1cccc(NC(=O)CCc2ccc(-c3ccc(Br)cc3)o2)c1. The Labute approximate surface area is 154 Å². The van der Waals surface area contributed by atoms with Gasteiger partial charge < -0.3 is 14.5 Å². The van der Waals surface area contributed by atoms with Crippen molar-refractivity contribution in [1.82, 2.24) is 0 Å². The number of amides is 1. The Morgan fingerprint density at radius 1 is 1.12 bits per heavy atom. The van der Waals surface area contributed by atoms with Gasteiger partial charge in [0.15, 0.2) is 0 Å². The number of carbonyl (C=O) groups is 1. The smallest absolute Gasteiger partial charge is 0.224 e. The molecule has 0 bridgehead atoms. The Morgan fingerprint density at radius 3 is 2.68 bits per heavy atom. The van der Waals surface area contributed by atoms with E-state index in [1.165, 1.54) is 0 Å². The van der Waals surface area contributed by atoms with E-state index in [0.717, 1.165) is 27.2 Å². The average molecular weight is 400 g/mol. The van der Waals surface area contributed by atoms with Gasteiger partial charge in [0.25, 0.3) is 0 Å². The summed E-state index contributed by atoms with van der Waals surface area (Å²) in [7, 11) is 1.60. The van der Waals surface area contributed by atoms with Crippen molar-refractivity contribution in [3.05, 3.63) is 70.9 Å². The van der Waals surface area contributed by atoms with Gasteiger partial charge in [-0.2, -0.15) is 0 Å². The molecule has 0 saturated carbocycles. The van der Waals surface area contributed by atoms with E-state index < -0.39 is 0 Å². The molecule has 5 heteroatoms. The third-order valence-electron chi connectivity index (χ3n) is 3.74. The molecule has 0 saturated heterocycles. The van der Waals surface area contributed by atoms with Gasteiger partial charge in [0.1, 0.15) is 17.3 Å². The Balaban J connectivity index is 1.56. The number of rotatable bonds is 6. The van der Waals surface area contributed by atoms with Gasteiger partial charge >= 0.3 is 0 Å². The van der Waals surface area contributed by atoms with Gasteiger partial charge in [-0.15, -0.1) is 0 Å². The molecule has 0 aliphatic heterocycles. The number of hydrogen-bond donors (Lipinski definition) is 1. The third-order valence-corrected chi connectivity index (χ3v) is 4.27. The Bertz CT molecular complexity index is 855. The van der Waals surface area contributed by atoms with Crippen LogP contribution in [0.4, 0.5) is 5.69 Å². The van der Waals surface area contributed by atoms with E-state index in [1.54, 1.807) is 13.2 Å². The van der Waals surface area contributed by atoms with Crippen LogP contribution in [-0.4, -0.2) is 13.0 Å². The van der Waals surface area contributed by atoms with E-state index in [2.05, 4.69) is 21.2 Å². The number of ether oxygens (including phenoxy) is 1. The second-order valence-corrected chi connectivity index (χ2v) is 6.47. The minimum absolute atomic E-state index is 0.0603. The molecule has 0 aliphatic carbocycles. The Hall–Kier alpha value is -2.53. The molecular weight excluding hydrogens is 382 g/mol. The normalized spacial score (nSPS) is 10.5. The van der Waals surface area contributed by atoms with Gasteiger partial charge in [0.05, 0.1) is 7.11 Å². The molecule has 0 fully saturated rings. The summed E-state index contributed by atoms with van der Waals surface area (Å²) in [6.45, 7) is 0. The molecule has 4 nitrogen and oxygen atoms in total. The van der Waals surface area contributed by atoms with Crippen LogP contribution in [0.5, 0.6) is 5.75 Å². The maximum absolute atomic E-state index is 12.1. The van der Waals surface area contributed by atoms with Crippen LogP contribution in [0.3, 0.4) is 0 Å². The molecule has 1 aromatic heterocycles. The summed E-state index contributed by atoms with van der Waals surface area (Å²) in [6.07, 6.45) is 0.900. The first-order valence-corrected chi connectivity index (χ1v) is 8.72. The molecule has 1 amide bonds. The van der Waals surface area contributed by atoms with E-state index in [-0.39, 0.29) is 5.91 Å². The number of nitrogens with one attached hydrogen (secondary N) is 1. The average Bonchev–Trinajstić information content (AvgIpc) is 3.10. The zero-order chi connectivity index (χ0) is 17.6. The predicted octanol–water partition coefficient (Wildman–Crippen LogP) is 5.29. The van der Waals surface area contributed by atoms with Gasteiger partial charge in [-0.1, -0.05) is 34.1 Å². The van der Waals surface area contributed by atoms with Crippen LogP contribution in [-0.2, 0) is 11.2 Å². The summed E-state index contributed by atoms with van der Waals surface area (Å²) in [5.74, 6) is 2.24. The molecule has 3 rings (SSSR count). The zero-order valence-electron chi connectivity index (χ0n) is 13.8. The molecule has 1 heterocycles. The molecular formula is C20H18BrNO3. The quantitative estimate of drug-likeness (QED) is 0.612. The number of hydrogen-bond acceptors (Lipinski definition) is 3. The highest BCUT2D eigenvalue weighted by atomic mass is 79.9. The van der Waals surface area contributed by atoms with Crippen LogP contribution < -0.4 is 10.1 Å². The van der Waals surface area contributed by atoms with Crippen LogP contribution in [0.2, 0.25) is 0 Å². The van der Waals surface area contributed by atoms with Gasteiger partial charge in [-0.25, -0.2) is 0 Å². The second-order valence-electron chi connectivity index (χ2n) is 5.55. The van der Waals surface area contributed by atoms with E-state index in [9.17, 15) is 4.79 Å². The largest absolute Gasteiger partial charge is 0.497 e. The minimum Gasteiger partial charge on any atom is -0.497 e. The predicted molar refractivity (Wildman–Crippen MR) is 102 cm³/mol. The van der Waals surface area contributed by atoms with Crippen LogP contribution in [0.1, 0.15) is 12.2 Å². The van der Waals surface area contributed by atoms with Gasteiger partial charge in [-0.05, 0) is 36.4 Å². The van der Waals surface area contributed by atoms with Crippen molar-refractivity contribution in [3.8, 4) is 17.1 Å².